The minimum absolute atomic E-state index is 0.168. The predicted octanol–water partition coefficient (Wildman–Crippen LogP) is 2.92. The number of nitrogens with one attached hydrogen (secondary N) is 2. The van der Waals surface area contributed by atoms with Crippen molar-refractivity contribution in [2.75, 3.05) is 43.0 Å². The first-order valence-corrected chi connectivity index (χ1v) is 12.3. The van der Waals surface area contributed by atoms with E-state index < -0.39 is 0 Å². The van der Waals surface area contributed by atoms with Crippen molar-refractivity contribution >= 4 is 29.5 Å². The SMILES string of the molecule is CN(CCN(SNC(=O)Nc1c2c(cc3c1CCC3)CCC2)c1cnn(C)c1)C1COC1. The van der Waals surface area contributed by atoms with Crippen molar-refractivity contribution in [2.24, 2.45) is 7.05 Å². The topological polar surface area (TPSA) is 74.7 Å². The van der Waals surface area contributed by atoms with Crippen molar-refractivity contribution in [3.63, 3.8) is 0 Å². The van der Waals surface area contributed by atoms with Crippen LogP contribution in [0.5, 0.6) is 0 Å². The molecule has 0 saturated carbocycles. The minimum Gasteiger partial charge on any atom is -0.378 e. The molecule has 172 valence electrons. The van der Waals surface area contributed by atoms with Crippen LogP contribution in [0.2, 0.25) is 0 Å². The predicted molar refractivity (Wildman–Crippen MR) is 128 cm³/mol. The molecule has 0 spiro atoms. The smallest absolute Gasteiger partial charge is 0.330 e. The molecule has 2 heterocycles. The molecule has 1 aromatic heterocycles. The Balaban J connectivity index is 1.24. The van der Waals surface area contributed by atoms with Crippen LogP contribution in [0.25, 0.3) is 0 Å². The molecule has 0 radical (unpaired) electrons. The number of carbonyl (C=O) groups is 1. The van der Waals surface area contributed by atoms with Gasteiger partial charge in [0, 0.05) is 32.0 Å². The molecule has 2 aromatic rings. The Kier molecular flexibility index (Phi) is 6.30. The maximum atomic E-state index is 12.9. The van der Waals surface area contributed by atoms with Crippen LogP contribution in [0.15, 0.2) is 18.5 Å². The van der Waals surface area contributed by atoms with Crippen LogP contribution < -0.4 is 14.3 Å². The number of nitrogens with zero attached hydrogens (tertiary/aromatic N) is 4. The monoisotopic (exact) mass is 456 g/mol. The highest BCUT2D eigenvalue weighted by atomic mass is 32.2. The van der Waals surface area contributed by atoms with Crippen LogP contribution in [-0.4, -0.2) is 60.1 Å². The molecule has 0 atom stereocenters. The Labute approximate surface area is 193 Å². The van der Waals surface area contributed by atoms with Gasteiger partial charge in [-0.15, -0.1) is 0 Å². The first-order chi connectivity index (χ1) is 15.6. The summed E-state index contributed by atoms with van der Waals surface area (Å²) in [6.07, 6.45) is 10.5. The molecule has 0 bridgehead atoms. The number of urea groups is 1. The second-order valence-corrected chi connectivity index (χ2v) is 9.86. The molecule has 1 saturated heterocycles. The van der Waals surface area contributed by atoms with Crippen LogP contribution in [0.4, 0.5) is 16.2 Å². The number of ether oxygens (including phenoxy) is 1. The number of likely N-dealkylation sites (N-methyl/N-ethyl adjacent to an activating group) is 1. The van der Waals surface area contributed by atoms with Gasteiger partial charge in [0.2, 0.25) is 0 Å². The lowest BCUT2D eigenvalue weighted by molar-refractivity contribution is -0.0548. The summed E-state index contributed by atoms with van der Waals surface area (Å²) in [6.45, 7) is 3.23. The molecule has 3 aliphatic rings. The van der Waals surface area contributed by atoms with E-state index in [1.807, 2.05) is 19.4 Å². The van der Waals surface area contributed by atoms with Crippen molar-refractivity contribution in [1.82, 2.24) is 19.4 Å². The van der Waals surface area contributed by atoms with Gasteiger partial charge in [-0.3, -0.25) is 18.6 Å². The number of aryl methyl sites for hydroxylation is 3. The minimum atomic E-state index is -0.168. The van der Waals surface area contributed by atoms with Gasteiger partial charge in [-0.25, -0.2) is 4.79 Å². The van der Waals surface area contributed by atoms with Gasteiger partial charge in [-0.1, -0.05) is 6.07 Å². The lowest BCUT2D eigenvalue weighted by Gasteiger charge is -2.35. The van der Waals surface area contributed by atoms with Crippen molar-refractivity contribution in [3.8, 4) is 0 Å². The Morgan fingerprint density at radius 1 is 1.19 bits per heavy atom. The van der Waals surface area contributed by atoms with E-state index in [1.54, 1.807) is 4.68 Å². The molecule has 1 aliphatic heterocycles. The number of benzene rings is 1. The summed E-state index contributed by atoms with van der Waals surface area (Å²) < 4.78 is 12.2. The highest BCUT2D eigenvalue weighted by molar-refractivity contribution is 7.99. The first kappa shape index (κ1) is 21.6. The summed E-state index contributed by atoms with van der Waals surface area (Å²) in [5, 5.41) is 7.51. The number of carbonyl (C=O) groups excluding carboxylic acids is 1. The third kappa shape index (κ3) is 4.46. The molecule has 2 N–H and O–H groups in total. The molecule has 32 heavy (non-hydrogen) atoms. The van der Waals surface area contributed by atoms with Gasteiger partial charge >= 0.3 is 6.03 Å². The fourth-order valence-corrected chi connectivity index (χ4v) is 5.49. The van der Waals surface area contributed by atoms with E-state index in [0.717, 1.165) is 63.4 Å². The lowest BCUT2D eigenvalue weighted by atomic mass is 9.99. The fraction of sp³-hybridized carbons (Fsp3) is 0.565. The maximum absolute atomic E-state index is 12.9. The van der Waals surface area contributed by atoms with Gasteiger partial charge in [0.05, 0.1) is 43.3 Å². The molecule has 2 aliphatic carbocycles. The first-order valence-electron chi connectivity index (χ1n) is 11.5. The standard InChI is InChI=1S/C23H32N6O2S/c1-27(19-14-31-15-19)9-10-29(18-12-24-28(2)13-18)32-26-23(30)25-22-20-7-3-5-16(20)11-17-6-4-8-21(17)22/h11-13,19H,3-10,14-15H2,1-2H3,(H2,25,26,30). The normalized spacial score (nSPS) is 17.2. The quantitative estimate of drug-likeness (QED) is 0.595. The zero-order valence-corrected chi connectivity index (χ0v) is 19.7. The number of hydrogen-bond acceptors (Lipinski definition) is 6. The van der Waals surface area contributed by atoms with E-state index in [9.17, 15) is 4.79 Å². The highest BCUT2D eigenvalue weighted by Crippen LogP contribution is 2.38. The summed E-state index contributed by atoms with van der Waals surface area (Å²) in [4.78, 5) is 15.2. The molecule has 5 rings (SSSR count). The molecule has 0 unspecified atom stereocenters. The van der Waals surface area contributed by atoms with Gasteiger partial charge in [0.1, 0.15) is 0 Å². The Bertz CT molecular complexity index is 957. The van der Waals surface area contributed by atoms with Crippen LogP contribution in [0.3, 0.4) is 0 Å². The van der Waals surface area contributed by atoms with Gasteiger partial charge in [-0.2, -0.15) is 5.10 Å². The molecule has 8 nitrogen and oxygen atoms in total. The molecule has 1 aromatic carbocycles. The Morgan fingerprint density at radius 2 is 1.91 bits per heavy atom. The van der Waals surface area contributed by atoms with Crippen molar-refractivity contribution in [2.45, 2.75) is 44.6 Å². The van der Waals surface area contributed by atoms with Crippen molar-refractivity contribution in [3.05, 3.63) is 40.7 Å². The number of amides is 2. The van der Waals surface area contributed by atoms with Crippen LogP contribution in [0, 0.1) is 0 Å². The summed E-state index contributed by atoms with van der Waals surface area (Å²) in [5.41, 5.74) is 7.58. The van der Waals surface area contributed by atoms with Crippen LogP contribution in [-0.2, 0) is 37.5 Å². The highest BCUT2D eigenvalue weighted by Gasteiger charge is 2.26. The maximum Gasteiger partial charge on any atom is 0.330 e. The third-order valence-electron chi connectivity index (χ3n) is 6.84. The second kappa shape index (κ2) is 9.33. The van der Waals surface area contributed by atoms with E-state index in [-0.39, 0.29) is 6.03 Å². The van der Waals surface area contributed by atoms with E-state index in [4.69, 9.17) is 4.74 Å². The fourth-order valence-electron chi connectivity index (χ4n) is 4.88. The number of rotatable bonds is 8. The van der Waals surface area contributed by atoms with Gasteiger partial charge in [0.15, 0.2) is 0 Å². The average molecular weight is 457 g/mol. The molecular weight excluding hydrogens is 424 g/mol. The van der Waals surface area contributed by atoms with Gasteiger partial charge < -0.3 is 10.1 Å². The second-order valence-electron chi connectivity index (χ2n) is 9.03. The number of fused-ring (bicyclic) bond motifs is 2. The summed E-state index contributed by atoms with van der Waals surface area (Å²) in [7, 11) is 4.02. The lowest BCUT2D eigenvalue weighted by Crippen LogP contribution is -2.49. The summed E-state index contributed by atoms with van der Waals surface area (Å²) >= 11 is 1.32. The van der Waals surface area contributed by atoms with Crippen molar-refractivity contribution in [1.29, 1.82) is 0 Å². The number of aromatic nitrogens is 2. The Hall–Kier alpha value is -2.23. The van der Waals surface area contributed by atoms with E-state index in [0.29, 0.717) is 6.04 Å². The average Bonchev–Trinajstić information content (AvgIpc) is 3.47. The van der Waals surface area contributed by atoms with E-state index >= 15 is 0 Å². The van der Waals surface area contributed by atoms with Crippen LogP contribution >= 0.6 is 12.1 Å². The zero-order valence-electron chi connectivity index (χ0n) is 18.9. The third-order valence-corrected chi connectivity index (χ3v) is 7.73. The summed E-state index contributed by atoms with van der Waals surface area (Å²) in [6, 6.07) is 2.70. The van der Waals surface area contributed by atoms with Gasteiger partial charge in [-0.05, 0) is 67.8 Å². The zero-order chi connectivity index (χ0) is 22.1. The van der Waals surface area contributed by atoms with E-state index in [2.05, 4.69) is 37.5 Å². The molecule has 1 fully saturated rings. The summed E-state index contributed by atoms with van der Waals surface area (Å²) in [5.74, 6) is 0. The van der Waals surface area contributed by atoms with Gasteiger partial charge in [0.25, 0.3) is 0 Å². The molecular formula is C23H32N6O2S. The largest absolute Gasteiger partial charge is 0.378 e. The Morgan fingerprint density at radius 3 is 2.50 bits per heavy atom. The van der Waals surface area contributed by atoms with Crippen molar-refractivity contribution < 1.29 is 9.53 Å². The number of anilines is 2. The number of hydrogen-bond donors (Lipinski definition) is 2. The molecule has 9 heteroatoms. The van der Waals surface area contributed by atoms with E-state index in [1.165, 1.54) is 47.2 Å². The van der Waals surface area contributed by atoms with Crippen LogP contribution in [0.1, 0.15) is 35.1 Å². The molecule has 2 amide bonds.